The van der Waals surface area contributed by atoms with E-state index in [0.29, 0.717) is 42.5 Å². The molecule has 9 heteroatoms. The van der Waals surface area contributed by atoms with E-state index >= 15 is 0 Å². The van der Waals surface area contributed by atoms with E-state index in [1.54, 1.807) is 6.20 Å². The maximum absolute atomic E-state index is 13.7. The van der Waals surface area contributed by atoms with Gasteiger partial charge in [0.15, 0.2) is 5.78 Å². The van der Waals surface area contributed by atoms with Crippen LogP contribution in [0.3, 0.4) is 0 Å². The van der Waals surface area contributed by atoms with Gasteiger partial charge in [-0.15, -0.1) is 0 Å². The van der Waals surface area contributed by atoms with Crippen molar-refractivity contribution in [2.75, 3.05) is 36.4 Å². The van der Waals surface area contributed by atoms with Gasteiger partial charge in [-0.05, 0) is 65.9 Å². The Morgan fingerprint density at radius 3 is 2.60 bits per heavy atom. The Morgan fingerprint density at radius 1 is 0.953 bits per heavy atom. The SMILES string of the molecule is O=C(CC1CCN(Cc2ccccc2)C1)c1cccc(-c2cnc3c(c2)N(Cc2cc(Cl)ccc2C(F)(F)F)CCN3)c1. The second kappa shape index (κ2) is 12.4. The Morgan fingerprint density at radius 2 is 1.79 bits per heavy atom. The predicted molar refractivity (Wildman–Crippen MR) is 164 cm³/mol. The zero-order valence-electron chi connectivity index (χ0n) is 23.6. The van der Waals surface area contributed by atoms with Crippen molar-refractivity contribution in [2.24, 2.45) is 5.92 Å². The van der Waals surface area contributed by atoms with Gasteiger partial charge in [-0.25, -0.2) is 4.98 Å². The first-order chi connectivity index (χ1) is 20.7. The summed E-state index contributed by atoms with van der Waals surface area (Å²) in [6.07, 6.45) is -1.25. The van der Waals surface area contributed by atoms with Crippen LogP contribution in [-0.2, 0) is 19.3 Å². The number of hydrogen-bond acceptors (Lipinski definition) is 5. The minimum Gasteiger partial charge on any atom is -0.367 e. The van der Waals surface area contributed by atoms with Gasteiger partial charge in [0.05, 0.1) is 11.3 Å². The van der Waals surface area contributed by atoms with Crippen molar-refractivity contribution < 1.29 is 18.0 Å². The fraction of sp³-hybridized carbons (Fsp3) is 0.294. The number of hydrogen-bond donors (Lipinski definition) is 1. The molecule has 0 radical (unpaired) electrons. The molecule has 1 saturated heterocycles. The molecule has 0 bridgehead atoms. The number of ketones is 1. The van der Waals surface area contributed by atoms with Crippen LogP contribution in [0.2, 0.25) is 5.02 Å². The second-order valence-corrected chi connectivity index (χ2v) is 11.8. The van der Waals surface area contributed by atoms with Crippen LogP contribution in [0.1, 0.15) is 39.9 Å². The number of anilines is 2. The topological polar surface area (TPSA) is 48.5 Å². The number of aromatic nitrogens is 1. The maximum Gasteiger partial charge on any atom is 0.416 e. The van der Waals surface area contributed by atoms with Gasteiger partial charge in [-0.3, -0.25) is 9.69 Å². The molecule has 4 aromatic rings. The quantitative estimate of drug-likeness (QED) is 0.207. The highest BCUT2D eigenvalue weighted by atomic mass is 35.5. The lowest BCUT2D eigenvalue weighted by atomic mass is 9.95. The van der Waals surface area contributed by atoms with E-state index in [-0.39, 0.29) is 22.9 Å². The Kier molecular flexibility index (Phi) is 8.41. The van der Waals surface area contributed by atoms with Gasteiger partial charge in [0.2, 0.25) is 0 Å². The summed E-state index contributed by atoms with van der Waals surface area (Å²) in [6.45, 7) is 3.88. The first-order valence-corrected chi connectivity index (χ1v) is 14.8. The van der Waals surface area contributed by atoms with Crippen molar-refractivity contribution in [1.82, 2.24) is 9.88 Å². The van der Waals surface area contributed by atoms with Gasteiger partial charge in [0.25, 0.3) is 0 Å². The van der Waals surface area contributed by atoms with E-state index in [4.69, 9.17) is 11.6 Å². The van der Waals surface area contributed by atoms with Crippen molar-refractivity contribution in [3.63, 3.8) is 0 Å². The van der Waals surface area contributed by atoms with Gasteiger partial charge < -0.3 is 10.2 Å². The average Bonchev–Trinajstić information content (AvgIpc) is 3.43. The van der Waals surface area contributed by atoms with Crippen molar-refractivity contribution in [3.8, 4) is 11.1 Å². The van der Waals surface area contributed by atoms with E-state index in [1.807, 2.05) is 41.3 Å². The zero-order chi connectivity index (χ0) is 30.0. The fourth-order valence-electron chi connectivity index (χ4n) is 6.07. The smallest absolute Gasteiger partial charge is 0.367 e. The van der Waals surface area contributed by atoms with Crippen LogP contribution < -0.4 is 10.2 Å². The Balaban J connectivity index is 1.17. The minimum absolute atomic E-state index is 0.0381. The molecule has 1 unspecified atom stereocenters. The van der Waals surface area contributed by atoms with Gasteiger partial charge in [-0.2, -0.15) is 13.2 Å². The molecule has 1 N–H and O–H groups in total. The monoisotopic (exact) mass is 604 g/mol. The van der Waals surface area contributed by atoms with Crippen molar-refractivity contribution in [2.45, 2.75) is 32.1 Å². The molecule has 0 spiro atoms. The van der Waals surface area contributed by atoms with E-state index in [2.05, 4.69) is 39.5 Å². The lowest BCUT2D eigenvalue weighted by Gasteiger charge is -2.32. The third-order valence-electron chi connectivity index (χ3n) is 8.23. The molecule has 1 aromatic heterocycles. The van der Waals surface area contributed by atoms with Crippen LogP contribution in [0, 0.1) is 5.92 Å². The summed E-state index contributed by atoms with van der Waals surface area (Å²) in [5.74, 6) is 1.04. The summed E-state index contributed by atoms with van der Waals surface area (Å²) in [5.41, 5.74) is 3.68. The van der Waals surface area contributed by atoms with Gasteiger partial charge in [-0.1, -0.05) is 60.1 Å². The highest BCUT2D eigenvalue weighted by Crippen LogP contribution is 2.37. The molecule has 3 aromatic carbocycles. The number of alkyl halides is 3. The number of Topliss-reactive ketones (excluding diaryl/α,β-unsaturated/α-hetero) is 1. The van der Waals surface area contributed by atoms with Crippen molar-refractivity contribution >= 4 is 28.9 Å². The Hall–Kier alpha value is -3.88. The maximum atomic E-state index is 13.7. The number of halogens is 4. The third kappa shape index (κ3) is 6.86. The van der Waals surface area contributed by atoms with Crippen LogP contribution in [0.5, 0.6) is 0 Å². The Labute approximate surface area is 254 Å². The molecule has 3 heterocycles. The van der Waals surface area contributed by atoms with Gasteiger partial charge in [0, 0.05) is 61.5 Å². The lowest BCUT2D eigenvalue weighted by molar-refractivity contribution is -0.138. The number of carbonyl (C=O) groups excluding carboxylic acids is 1. The third-order valence-corrected chi connectivity index (χ3v) is 8.46. The molecule has 43 heavy (non-hydrogen) atoms. The molecule has 2 aliphatic rings. The summed E-state index contributed by atoms with van der Waals surface area (Å²) in [4.78, 5) is 22.2. The summed E-state index contributed by atoms with van der Waals surface area (Å²) < 4.78 is 41.2. The van der Waals surface area contributed by atoms with E-state index in [9.17, 15) is 18.0 Å². The van der Waals surface area contributed by atoms with Crippen molar-refractivity contribution in [1.29, 1.82) is 0 Å². The number of nitrogens with zero attached hydrogens (tertiary/aromatic N) is 3. The number of nitrogens with one attached hydrogen (secondary N) is 1. The van der Waals surface area contributed by atoms with Crippen LogP contribution >= 0.6 is 11.6 Å². The van der Waals surface area contributed by atoms with E-state index in [0.717, 1.165) is 43.2 Å². The van der Waals surface area contributed by atoms with Crippen LogP contribution in [0.4, 0.5) is 24.7 Å². The van der Waals surface area contributed by atoms with Gasteiger partial charge >= 0.3 is 6.18 Å². The van der Waals surface area contributed by atoms with Crippen molar-refractivity contribution in [3.05, 3.63) is 112 Å². The van der Waals surface area contributed by atoms with E-state index < -0.39 is 11.7 Å². The number of fused-ring (bicyclic) bond motifs is 1. The molecule has 2 aliphatic heterocycles. The number of rotatable bonds is 8. The largest absolute Gasteiger partial charge is 0.416 e. The van der Waals surface area contributed by atoms with Crippen LogP contribution in [-0.4, -0.2) is 41.8 Å². The lowest BCUT2D eigenvalue weighted by Crippen LogP contribution is -2.34. The number of pyridine rings is 1. The molecule has 0 amide bonds. The first kappa shape index (κ1) is 29.2. The molecular formula is C34H32ClF3N4O. The molecule has 0 saturated carbocycles. The summed E-state index contributed by atoms with van der Waals surface area (Å²) in [5, 5.41) is 3.50. The van der Waals surface area contributed by atoms with E-state index in [1.165, 1.54) is 17.7 Å². The summed E-state index contributed by atoms with van der Waals surface area (Å²) in [7, 11) is 0. The molecule has 222 valence electrons. The predicted octanol–water partition coefficient (Wildman–Crippen LogP) is 7.95. The average molecular weight is 605 g/mol. The number of benzene rings is 3. The second-order valence-electron chi connectivity index (χ2n) is 11.3. The standard InChI is InChI=1S/C34H32ClF3N4O/c35-29-9-10-30(34(36,37)38)28(17-29)22-42-14-12-39-33-31(42)18-27(19-40-33)25-7-4-8-26(16-25)32(43)15-24-11-13-41(21-24)20-23-5-2-1-3-6-23/h1-10,16-19,24H,11-15,20-22H2,(H,39,40). The van der Waals surface area contributed by atoms with Crippen LogP contribution in [0.15, 0.2) is 85.1 Å². The zero-order valence-corrected chi connectivity index (χ0v) is 24.3. The summed E-state index contributed by atoms with van der Waals surface area (Å²) >= 11 is 6.08. The van der Waals surface area contributed by atoms with Crippen LogP contribution in [0.25, 0.3) is 11.1 Å². The van der Waals surface area contributed by atoms with Gasteiger partial charge in [0.1, 0.15) is 5.82 Å². The Bertz CT molecular complexity index is 1610. The molecule has 5 nitrogen and oxygen atoms in total. The number of likely N-dealkylation sites (tertiary alicyclic amines) is 1. The molecule has 6 rings (SSSR count). The summed E-state index contributed by atoms with van der Waals surface area (Å²) in [6, 6.07) is 23.5. The highest BCUT2D eigenvalue weighted by molar-refractivity contribution is 6.30. The fourth-order valence-corrected chi connectivity index (χ4v) is 6.27. The minimum atomic E-state index is -4.48. The number of carbonyl (C=O) groups is 1. The molecule has 1 atom stereocenters. The normalized spacial score (nSPS) is 17.0. The molecule has 0 aliphatic carbocycles. The first-order valence-electron chi connectivity index (χ1n) is 14.5. The molecule has 1 fully saturated rings. The molecular weight excluding hydrogens is 573 g/mol. The highest BCUT2D eigenvalue weighted by Gasteiger charge is 2.34.